The molecule has 2 aromatic rings. The van der Waals surface area contributed by atoms with Crippen LogP contribution < -0.4 is 10.0 Å². The molecule has 2 aromatic carbocycles. The van der Waals surface area contributed by atoms with Gasteiger partial charge in [-0.25, -0.2) is 12.8 Å². The number of sulfonamides is 1. The van der Waals surface area contributed by atoms with Crippen molar-refractivity contribution in [2.45, 2.75) is 18.7 Å². The Morgan fingerprint density at radius 1 is 1.10 bits per heavy atom. The summed E-state index contributed by atoms with van der Waals surface area (Å²) in [5.74, 6) is -0.855. The lowest BCUT2D eigenvalue weighted by Crippen LogP contribution is -2.28. The predicted octanol–water partition coefficient (Wildman–Crippen LogP) is 2.85. The van der Waals surface area contributed by atoms with E-state index in [1.54, 1.807) is 6.07 Å². The van der Waals surface area contributed by atoms with Crippen molar-refractivity contribution in [3.05, 3.63) is 53.3 Å². The molecule has 0 bridgehead atoms. The van der Waals surface area contributed by atoms with Gasteiger partial charge in [0.05, 0.1) is 5.69 Å². The van der Waals surface area contributed by atoms with Crippen LogP contribution in [-0.2, 0) is 10.0 Å². The number of anilines is 2. The van der Waals surface area contributed by atoms with E-state index in [9.17, 15) is 12.8 Å². The first-order chi connectivity index (χ1) is 9.73. The Hall–Kier alpha value is -2.08. The van der Waals surface area contributed by atoms with Crippen LogP contribution in [0.2, 0.25) is 0 Å². The molecule has 0 saturated carbocycles. The highest BCUT2D eigenvalue weighted by molar-refractivity contribution is 7.92. The number of rotatable bonds is 3. The second-order valence-electron chi connectivity index (χ2n) is 4.95. The number of aryl methyl sites for hydroxylation is 2. The van der Waals surface area contributed by atoms with E-state index in [1.165, 1.54) is 19.2 Å². The third kappa shape index (κ3) is 2.85. The van der Waals surface area contributed by atoms with Gasteiger partial charge >= 0.3 is 0 Å². The number of nitrogens with zero attached hydrogens (tertiary/aromatic N) is 1. The molecule has 0 aliphatic rings. The van der Waals surface area contributed by atoms with Crippen molar-refractivity contribution in [3.63, 3.8) is 0 Å². The number of benzene rings is 2. The zero-order chi connectivity index (χ0) is 15.8. The van der Waals surface area contributed by atoms with Crippen LogP contribution in [0.3, 0.4) is 0 Å². The van der Waals surface area contributed by atoms with Gasteiger partial charge in [0.25, 0.3) is 10.0 Å². The van der Waals surface area contributed by atoms with Crippen LogP contribution >= 0.6 is 0 Å². The summed E-state index contributed by atoms with van der Waals surface area (Å²) >= 11 is 0. The van der Waals surface area contributed by atoms with E-state index in [1.807, 2.05) is 26.0 Å². The fourth-order valence-corrected chi connectivity index (χ4v) is 3.47. The minimum atomic E-state index is -3.97. The lowest BCUT2D eigenvalue weighted by molar-refractivity contribution is 0.566. The molecule has 0 unspecified atom stereocenters. The van der Waals surface area contributed by atoms with E-state index in [4.69, 9.17) is 5.73 Å². The van der Waals surface area contributed by atoms with Crippen LogP contribution in [0.25, 0.3) is 0 Å². The average molecular weight is 308 g/mol. The summed E-state index contributed by atoms with van der Waals surface area (Å²) in [6.45, 7) is 3.73. The summed E-state index contributed by atoms with van der Waals surface area (Å²) in [6, 6.07) is 8.94. The summed E-state index contributed by atoms with van der Waals surface area (Å²) in [5.41, 5.74) is 7.97. The van der Waals surface area contributed by atoms with Crippen molar-refractivity contribution in [2.24, 2.45) is 0 Å². The molecule has 0 atom stereocenters. The Kier molecular flexibility index (Phi) is 3.91. The topological polar surface area (TPSA) is 63.4 Å². The molecular formula is C15H17FN2O2S. The predicted molar refractivity (Wildman–Crippen MR) is 82.3 cm³/mol. The second-order valence-corrected chi connectivity index (χ2v) is 6.89. The largest absolute Gasteiger partial charge is 0.399 e. The summed E-state index contributed by atoms with van der Waals surface area (Å²) in [7, 11) is -2.57. The molecule has 0 saturated heterocycles. The SMILES string of the molecule is Cc1ccc(N(C)S(=O)(=O)c2ccc(N)cc2F)c(C)c1. The van der Waals surface area contributed by atoms with Gasteiger partial charge < -0.3 is 5.73 Å². The lowest BCUT2D eigenvalue weighted by atomic mass is 10.1. The maximum Gasteiger partial charge on any atom is 0.266 e. The van der Waals surface area contributed by atoms with Crippen LogP contribution in [0.4, 0.5) is 15.8 Å². The Labute approximate surface area is 124 Å². The monoisotopic (exact) mass is 308 g/mol. The van der Waals surface area contributed by atoms with Crippen LogP contribution in [0.15, 0.2) is 41.3 Å². The molecule has 0 fully saturated rings. The zero-order valence-corrected chi connectivity index (χ0v) is 12.9. The molecule has 112 valence electrons. The number of hydrogen-bond donors (Lipinski definition) is 1. The smallest absolute Gasteiger partial charge is 0.266 e. The normalized spacial score (nSPS) is 11.4. The second kappa shape index (κ2) is 5.37. The molecule has 2 rings (SSSR count). The van der Waals surface area contributed by atoms with Crippen molar-refractivity contribution < 1.29 is 12.8 Å². The molecule has 0 aliphatic carbocycles. The van der Waals surface area contributed by atoms with Gasteiger partial charge in [-0.1, -0.05) is 17.7 Å². The lowest BCUT2D eigenvalue weighted by Gasteiger charge is -2.22. The molecule has 0 heterocycles. The molecule has 21 heavy (non-hydrogen) atoms. The first-order valence-corrected chi connectivity index (χ1v) is 7.78. The van der Waals surface area contributed by atoms with Crippen LogP contribution in [0.5, 0.6) is 0 Å². The van der Waals surface area contributed by atoms with E-state index >= 15 is 0 Å². The number of nitrogens with two attached hydrogens (primary N) is 1. The Morgan fingerprint density at radius 2 is 1.76 bits per heavy atom. The highest BCUT2D eigenvalue weighted by Crippen LogP contribution is 2.27. The van der Waals surface area contributed by atoms with E-state index in [0.717, 1.165) is 21.5 Å². The van der Waals surface area contributed by atoms with Gasteiger partial charge in [-0.05, 0) is 43.7 Å². The third-order valence-electron chi connectivity index (χ3n) is 3.29. The highest BCUT2D eigenvalue weighted by Gasteiger charge is 2.25. The van der Waals surface area contributed by atoms with Gasteiger partial charge in [-0.3, -0.25) is 4.31 Å². The summed E-state index contributed by atoms with van der Waals surface area (Å²) < 4.78 is 40.1. The fourth-order valence-electron chi connectivity index (χ4n) is 2.16. The number of hydrogen-bond acceptors (Lipinski definition) is 3. The van der Waals surface area contributed by atoms with Gasteiger partial charge in [0.2, 0.25) is 0 Å². The molecule has 0 radical (unpaired) electrons. The molecule has 0 spiro atoms. The standard InChI is InChI=1S/C15H17FN2O2S/c1-10-4-6-14(11(2)8-10)18(3)21(19,20)15-7-5-12(17)9-13(15)16/h4-9H,17H2,1-3H3. The average Bonchev–Trinajstić information content (AvgIpc) is 2.37. The van der Waals surface area contributed by atoms with E-state index in [0.29, 0.717) is 5.69 Å². The minimum absolute atomic E-state index is 0.181. The Bertz CT molecular complexity index is 788. The minimum Gasteiger partial charge on any atom is -0.399 e. The highest BCUT2D eigenvalue weighted by atomic mass is 32.2. The quantitative estimate of drug-likeness (QED) is 0.887. The van der Waals surface area contributed by atoms with Crippen molar-refractivity contribution >= 4 is 21.4 Å². The summed E-state index contributed by atoms with van der Waals surface area (Å²) in [6.07, 6.45) is 0. The van der Waals surface area contributed by atoms with Gasteiger partial charge in [0, 0.05) is 12.7 Å². The molecule has 2 N–H and O–H groups in total. The first kappa shape index (κ1) is 15.3. The van der Waals surface area contributed by atoms with Crippen molar-refractivity contribution in [2.75, 3.05) is 17.1 Å². The van der Waals surface area contributed by atoms with E-state index in [2.05, 4.69) is 0 Å². The van der Waals surface area contributed by atoms with Gasteiger partial charge in [0.1, 0.15) is 10.7 Å². The molecule has 0 aliphatic heterocycles. The summed E-state index contributed by atoms with van der Waals surface area (Å²) in [5, 5.41) is 0. The van der Waals surface area contributed by atoms with Crippen molar-refractivity contribution in [1.29, 1.82) is 0 Å². The molecule has 4 nitrogen and oxygen atoms in total. The van der Waals surface area contributed by atoms with Gasteiger partial charge in [-0.15, -0.1) is 0 Å². The first-order valence-electron chi connectivity index (χ1n) is 6.34. The Balaban J connectivity index is 2.52. The van der Waals surface area contributed by atoms with Crippen molar-refractivity contribution in [3.8, 4) is 0 Å². The van der Waals surface area contributed by atoms with Gasteiger partial charge in [-0.2, -0.15) is 0 Å². The van der Waals surface area contributed by atoms with Crippen LogP contribution in [0.1, 0.15) is 11.1 Å². The molecule has 0 amide bonds. The molecule has 6 heteroatoms. The molecule has 0 aromatic heterocycles. The van der Waals surface area contributed by atoms with E-state index < -0.39 is 15.8 Å². The van der Waals surface area contributed by atoms with E-state index in [-0.39, 0.29) is 10.6 Å². The number of nitrogen functional groups attached to an aromatic ring is 1. The maximum atomic E-state index is 13.9. The fraction of sp³-hybridized carbons (Fsp3) is 0.200. The van der Waals surface area contributed by atoms with Crippen LogP contribution in [-0.4, -0.2) is 15.5 Å². The zero-order valence-electron chi connectivity index (χ0n) is 12.1. The van der Waals surface area contributed by atoms with Crippen molar-refractivity contribution in [1.82, 2.24) is 0 Å². The summed E-state index contributed by atoms with van der Waals surface area (Å²) in [4.78, 5) is -0.390. The molecular weight excluding hydrogens is 291 g/mol. The number of halogens is 1. The third-order valence-corrected chi connectivity index (χ3v) is 5.09. The van der Waals surface area contributed by atoms with Gasteiger partial charge in [0.15, 0.2) is 0 Å². The maximum absolute atomic E-state index is 13.9. The van der Waals surface area contributed by atoms with Crippen LogP contribution in [0, 0.1) is 19.7 Å². The Morgan fingerprint density at radius 3 is 2.33 bits per heavy atom.